The van der Waals surface area contributed by atoms with E-state index in [4.69, 9.17) is 4.74 Å². The van der Waals surface area contributed by atoms with Crippen LogP contribution in [0.3, 0.4) is 0 Å². The lowest BCUT2D eigenvalue weighted by atomic mass is 10.0. The van der Waals surface area contributed by atoms with Crippen LogP contribution in [0.5, 0.6) is 0 Å². The molecule has 0 heterocycles. The van der Waals surface area contributed by atoms with Gasteiger partial charge < -0.3 is 10.1 Å². The summed E-state index contributed by atoms with van der Waals surface area (Å²) >= 11 is 0. The van der Waals surface area contributed by atoms with Crippen LogP contribution in [0.15, 0.2) is 24.3 Å². The van der Waals surface area contributed by atoms with Crippen molar-refractivity contribution < 1.29 is 9.13 Å². The monoisotopic (exact) mass is 296 g/mol. The number of hydrogen-bond donors (Lipinski definition) is 1. The van der Waals surface area contributed by atoms with Crippen molar-refractivity contribution in [3.05, 3.63) is 35.6 Å². The van der Waals surface area contributed by atoms with Crippen molar-refractivity contribution in [3.8, 4) is 0 Å². The summed E-state index contributed by atoms with van der Waals surface area (Å²) in [5, 5.41) is 3.40. The standard InChI is InChI=1S/C17H29FN2O/c1-5-19-17(15-8-6-7-9-16(15)18)13-20(10-11-21-4)12-14(2)3/h6-9,14,17,19H,5,10-13H2,1-4H3. The topological polar surface area (TPSA) is 24.5 Å². The van der Waals surface area contributed by atoms with Crippen LogP contribution in [-0.4, -0.2) is 44.8 Å². The van der Waals surface area contributed by atoms with E-state index < -0.39 is 0 Å². The zero-order chi connectivity index (χ0) is 15.7. The first-order valence-corrected chi connectivity index (χ1v) is 7.77. The smallest absolute Gasteiger partial charge is 0.128 e. The molecule has 0 bridgehead atoms. The fourth-order valence-electron chi connectivity index (χ4n) is 2.53. The number of likely N-dealkylation sites (N-methyl/N-ethyl adjacent to an activating group) is 1. The van der Waals surface area contributed by atoms with Crippen molar-refractivity contribution in [1.82, 2.24) is 10.2 Å². The van der Waals surface area contributed by atoms with Gasteiger partial charge in [0.1, 0.15) is 5.82 Å². The highest BCUT2D eigenvalue weighted by molar-refractivity contribution is 5.21. The lowest BCUT2D eigenvalue weighted by Gasteiger charge is -2.29. The Morgan fingerprint density at radius 1 is 1.24 bits per heavy atom. The Hall–Kier alpha value is -0.970. The van der Waals surface area contributed by atoms with E-state index in [1.165, 1.54) is 6.07 Å². The van der Waals surface area contributed by atoms with Gasteiger partial charge in [-0.3, -0.25) is 4.90 Å². The Bertz CT molecular complexity index is 398. The van der Waals surface area contributed by atoms with Gasteiger partial charge in [0.25, 0.3) is 0 Å². The minimum atomic E-state index is -0.139. The summed E-state index contributed by atoms with van der Waals surface area (Å²) in [6.45, 7) is 10.6. The lowest BCUT2D eigenvalue weighted by Crippen LogP contribution is -2.39. The van der Waals surface area contributed by atoms with Crippen LogP contribution in [0.25, 0.3) is 0 Å². The fraction of sp³-hybridized carbons (Fsp3) is 0.647. The van der Waals surface area contributed by atoms with Gasteiger partial charge in [0.05, 0.1) is 6.61 Å². The second kappa shape index (κ2) is 9.87. The average Bonchev–Trinajstić information content (AvgIpc) is 2.44. The summed E-state index contributed by atoms with van der Waals surface area (Å²) in [4.78, 5) is 2.34. The Morgan fingerprint density at radius 2 is 1.95 bits per heavy atom. The second-order valence-corrected chi connectivity index (χ2v) is 5.78. The first kappa shape index (κ1) is 18.1. The molecule has 120 valence electrons. The molecule has 0 aromatic heterocycles. The molecule has 0 aliphatic heterocycles. The molecule has 0 amide bonds. The summed E-state index contributed by atoms with van der Waals surface area (Å²) in [5.74, 6) is 0.435. The van der Waals surface area contributed by atoms with Crippen LogP contribution in [0.2, 0.25) is 0 Å². The third-order valence-corrected chi connectivity index (χ3v) is 3.41. The van der Waals surface area contributed by atoms with Gasteiger partial charge in [0, 0.05) is 38.3 Å². The van der Waals surface area contributed by atoms with Gasteiger partial charge in [-0.15, -0.1) is 0 Å². The number of methoxy groups -OCH3 is 1. The van der Waals surface area contributed by atoms with Gasteiger partial charge in [-0.05, 0) is 18.5 Å². The molecule has 1 atom stereocenters. The normalized spacial score (nSPS) is 13.1. The molecule has 0 fully saturated rings. The van der Waals surface area contributed by atoms with Crippen LogP contribution in [0, 0.1) is 11.7 Å². The molecule has 21 heavy (non-hydrogen) atoms. The van der Waals surface area contributed by atoms with Crippen molar-refractivity contribution in [1.29, 1.82) is 0 Å². The highest BCUT2D eigenvalue weighted by Gasteiger charge is 2.18. The Balaban J connectivity index is 2.80. The molecule has 3 nitrogen and oxygen atoms in total. The molecule has 1 unspecified atom stereocenters. The molecule has 1 N–H and O–H groups in total. The van der Waals surface area contributed by atoms with Gasteiger partial charge in [-0.1, -0.05) is 39.0 Å². The summed E-state index contributed by atoms with van der Waals surface area (Å²) in [5.41, 5.74) is 0.741. The van der Waals surface area contributed by atoms with Crippen molar-refractivity contribution >= 4 is 0 Å². The molecule has 1 rings (SSSR count). The molecule has 0 saturated carbocycles. The fourth-order valence-corrected chi connectivity index (χ4v) is 2.53. The van der Waals surface area contributed by atoms with Crippen LogP contribution < -0.4 is 5.32 Å². The van der Waals surface area contributed by atoms with Crippen molar-refractivity contribution in [3.63, 3.8) is 0 Å². The van der Waals surface area contributed by atoms with E-state index in [0.717, 1.165) is 31.7 Å². The highest BCUT2D eigenvalue weighted by atomic mass is 19.1. The summed E-state index contributed by atoms with van der Waals surface area (Å²) in [6.07, 6.45) is 0. The predicted octanol–water partition coefficient (Wildman–Crippen LogP) is 3.08. The van der Waals surface area contributed by atoms with E-state index in [9.17, 15) is 4.39 Å². The highest BCUT2D eigenvalue weighted by Crippen LogP contribution is 2.18. The third kappa shape index (κ3) is 6.55. The Labute approximate surface area is 128 Å². The largest absolute Gasteiger partial charge is 0.383 e. The number of nitrogens with one attached hydrogen (secondary N) is 1. The third-order valence-electron chi connectivity index (χ3n) is 3.41. The number of rotatable bonds is 10. The van der Waals surface area contributed by atoms with Crippen LogP contribution in [-0.2, 0) is 4.74 Å². The van der Waals surface area contributed by atoms with Gasteiger partial charge in [0.15, 0.2) is 0 Å². The van der Waals surface area contributed by atoms with E-state index in [0.29, 0.717) is 12.5 Å². The number of benzene rings is 1. The summed E-state index contributed by atoms with van der Waals surface area (Å²) in [7, 11) is 1.71. The molecular weight excluding hydrogens is 267 g/mol. The van der Waals surface area contributed by atoms with E-state index in [2.05, 4.69) is 31.0 Å². The first-order chi connectivity index (χ1) is 10.1. The number of hydrogen-bond acceptors (Lipinski definition) is 3. The minimum absolute atomic E-state index is 0.00630. The first-order valence-electron chi connectivity index (χ1n) is 7.77. The second-order valence-electron chi connectivity index (χ2n) is 5.78. The molecule has 0 radical (unpaired) electrons. The zero-order valence-corrected chi connectivity index (χ0v) is 13.7. The van der Waals surface area contributed by atoms with Gasteiger partial charge in [0.2, 0.25) is 0 Å². The Kier molecular flexibility index (Phi) is 8.50. The van der Waals surface area contributed by atoms with Crippen LogP contribution in [0.1, 0.15) is 32.4 Å². The van der Waals surface area contributed by atoms with Gasteiger partial charge in [-0.2, -0.15) is 0 Å². The number of nitrogens with zero attached hydrogens (tertiary/aromatic N) is 1. The molecule has 0 spiro atoms. The van der Waals surface area contributed by atoms with E-state index >= 15 is 0 Å². The van der Waals surface area contributed by atoms with Crippen LogP contribution >= 0.6 is 0 Å². The predicted molar refractivity (Wildman–Crippen MR) is 86.0 cm³/mol. The Morgan fingerprint density at radius 3 is 2.52 bits per heavy atom. The van der Waals surface area contributed by atoms with Crippen molar-refractivity contribution in [2.24, 2.45) is 5.92 Å². The van der Waals surface area contributed by atoms with E-state index in [-0.39, 0.29) is 11.9 Å². The lowest BCUT2D eigenvalue weighted by molar-refractivity contribution is 0.132. The van der Waals surface area contributed by atoms with E-state index in [1.54, 1.807) is 13.2 Å². The van der Waals surface area contributed by atoms with Gasteiger partial charge >= 0.3 is 0 Å². The summed E-state index contributed by atoms with van der Waals surface area (Å²) in [6, 6.07) is 7.03. The molecule has 0 saturated heterocycles. The quantitative estimate of drug-likeness (QED) is 0.718. The van der Waals surface area contributed by atoms with Crippen LogP contribution in [0.4, 0.5) is 4.39 Å². The molecule has 0 aliphatic carbocycles. The summed E-state index contributed by atoms with van der Waals surface area (Å²) < 4.78 is 19.2. The zero-order valence-electron chi connectivity index (χ0n) is 13.7. The van der Waals surface area contributed by atoms with Gasteiger partial charge in [-0.25, -0.2) is 4.39 Å². The maximum absolute atomic E-state index is 14.0. The molecule has 4 heteroatoms. The molecule has 1 aromatic carbocycles. The molecular formula is C17H29FN2O. The van der Waals surface area contributed by atoms with Crippen molar-refractivity contribution in [2.45, 2.75) is 26.8 Å². The average molecular weight is 296 g/mol. The molecule has 1 aromatic rings. The number of halogens is 1. The molecule has 0 aliphatic rings. The maximum atomic E-state index is 14.0. The minimum Gasteiger partial charge on any atom is -0.383 e. The maximum Gasteiger partial charge on any atom is 0.128 e. The number of ether oxygens (including phenoxy) is 1. The van der Waals surface area contributed by atoms with E-state index in [1.807, 2.05) is 12.1 Å². The SMILES string of the molecule is CCNC(CN(CCOC)CC(C)C)c1ccccc1F. The van der Waals surface area contributed by atoms with Crippen molar-refractivity contribution in [2.75, 3.05) is 39.9 Å².